The lowest BCUT2D eigenvalue weighted by molar-refractivity contribution is 0.455. The first-order chi connectivity index (χ1) is 8.97. The molecule has 100 valence electrons. The van der Waals surface area contributed by atoms with Gasteiger partial charge in [-0.1, -0.05) is 57.8 Å². The summed E-state index contributed by atoms with van der Waals surface area (Å²) in [6, 6.07) is 0. The van der Waals surface area contributed by atoms with Crippen LogP contribution in [0.1, 0.15) is 82.2 Å². The Morgan fingerprint density at radius 3 is 1.78 bits per heavy atom. The second-order valence-electron chi connectivity index (χ2n) is 5.40. The molecule has 4 nitrogen and oxygen atoms in total. The predicted octanol–water partition coefficient (Wildman–Crippen LogP) is 3.65. The Labute approximate surface area is 110 Å². The van der Waals surface area contributed by atoms with E-state index < -0.39 is 0 Å². The molecule has 1 heterocycles. The predicted molar refractivity (Wildman–Crippen MR) is 71.2 cm³/mol. The lowest BCUT2D eigenvalue weighted by Crippen LogP contribution is -2.06. The quantitative estimate of drug-likeness (QED) is 0.761. The highest BCUT2D eigenvalue weighted by Crippen LogP contribution is 2.27. The number of rotatable bonds is 1. The molecule has 1 saturated carbocycles. The number of hydrogen-bond acceptors (Lipinski definition) is 4. The van der Waals surface area contributed by atoms with Gasteiger partial charge in [0, 0.05) is 5.92 Å². The summed E-state index contributed by atoms with van der Waals surface area (Å²) in [5.74, 6) is 0.549. The van der Waals surface area contributed by atoms with Crippen LogP contribution in [0, 0.1) is 0 Å². The lowest BCUT2D eigenvalue weighted by atomic mass is 9.91. The van der Waals surface area contributed by atoms with E-state index in [1.165, 1.54) is 70.6 Å². The minimum absolute atomic E-state index is 0.549. The molecule has 1 aromatic rings. The van der Waals surface area contributed by atoms with Gasteiger partial charge in [-0.2, -0.15) is 0 Å². The van der Waals surface area contributed by atoms with Crippen LogP contribution >= 0.6 is 0 Å². The van der Waals surface area contributed by atoms with Crippen molar-refractivity contribution in [2.24, 2.45) is 0 Å². The molecule has 18 heavy (non-hydrogen) atoms. The van der Waals surface area contributed by atoms with Crippen molar-refractivity contribution >= 4 is 0 Å². The van der Waals surface area contributed by atoms with Crippen LogP contribution in [0.3, 0.4) is 0 Å². The monoisotopic (exact) mass is 248 g/mol. The molecular weight excluding hydrogens is 224 g/mol. The molecule has 4 heteroatoms. The van der Waals surface area contributed by atoms with Crippen molar-refractivity contribution in [2.45, 2.75) is 76.5 Å². The highest BCUT2D eigenvalue weighted by atomic mass is 15.4. The summed E-state index contributed by atoms with van der Waals surface area (Å²) in [7, 11) is 0. The van der Waals surface area contributed by atoms with Crippen molar-refractivity contribution in [1.29, 1.82) is 0 Å². The van der Waals surface area contributed by atoms with Gasteiger partial charge in [0.1, 0.15) is 0 Å². The van der Waals surface area contributed by atoms with Crippen LogP contribution in [0.5, 0.6) is 0 Å². The summed E-state index contributed by atoms with van der Waals surface area (Å²) in [4.78, 5) is 0. The molecule has 2 rings (SSSR count). The Morgan fingerprint density at radius 2 is 1.28 bits per heavy atom. The maximum Gasteiger partial charge on any atom is 0.0881 e. The third-order valence-corrected chi connectivity index (χ3v) is 3.97. The lowest BCUT2D eigenvalue weighted by Gasteiger charge is -2.16. The zero-order valence-electron chi connectivity index (χ0n) is 11.2. The molecule has 0 aromatic carbocycles. The molecule has 0 spiro atoms. The summed E-state index contributed by atoms with van der Waals surface area (Å²) in [6.07, 6.45) is 16.7. The van der Waals surface area contributed by atoms with E-state index in [1.54, 1.807) is 6.20 Å². The van der Waals surface area contributed by atoms with Crippen molar-refractivity contribution in [1.82, 2.24) is 20.6 Å². The third kappa shape index (κ3) is 4.67. The summed E-state index contributed by atoms with van der Waals surface area (Å²) in [5.41, 5.74) is 1.04. The zero-order chi connectivity index (χ0) is 12.5. The maximum absolute atomic E-state index is 4.15. The van der Waals surface area contributed by atoms with E-state index >= 15 is 0 Å². The minimum Gasteiger partial charge on any atom is -0.135 e. The summed E-state index contributed by atoms with van der Waals surface area (Å²) in [6.45, 7) is 0. The third-order valence-electron chi connectivity index (χ3n) is 3.97. The van der Waals surface area contributed by atoms with Crippen LogP contribution in [0.25, 0.3) is 0 Å². The number of hydrogen-bond donors (Lipinski definition) is 0. The van der Waals surface area contributed by atoms with Crippen molar-refractivity contribution in [3.05, 3.63) is 11.9 Å². The molecule has 0 unspecified atom stereocenters. The first-order valence-electron chi connectivity index (χ1n) is 7.48. The first kappa shape index (κ1) is 13.4. The Hall–Kier alpha value is -1.06. The Morgan fingerprint density at radius 1 is 0.722 bits per heavy atom. The van der Waals surface area contributed by atoms with Gasteiger partial charge in [-0.25, -0.2) is 0 Å². The van der Waals surface area contributed by atoms with Crippen LogP contribution in [-0.4, -0.2) is 20.6 Å². The summed E-state index contributed by atoms with van der Waals surface area (Å²) < 4.78 is 0. The van der Waals surface area contributed by atoms with Crippen LogP contribution in [0.15, 0.2) is 6.20 Å². The van der Waals surface area contributed by atoms with E-state index in [0.717, 1.165) is 5.69 Å². The summed E-state index contributed by atoms with van der Waals surface area (Å²) in [5, 5.41) is 15.2. The van der Waals surface area contributed by atoms with Gasteiger partial charge in [0.05, 0.1) is 11.9 Å². The number of nitrogens with zero attached hydrogens (tertiary/aromatic N) is 4. The van der Waals surface area contributed by atoms with Gasteiger partial charge in [0.25, 0.3) is 0 Å². The largest absolute Gasteiger partial charge is 0.135 e. The van der Waals surface area contributed by atoms with Crippen LogP contribution in [0.4, 0.5) is 0 Å². The standard InChI is InChI=1S/C14H24N4/c1-2-4-6-8-10-13(11-9-7-5-3-1)14-12-15-17-18-16-14/h12-13H,1-11H2. The molecule has 0 N–H and O–H groups in total. The molecule has 1 aliphatic rings. The Kier molecular flexibility index (Phi) is 6.03. The molecule has 0 radical (unpaired) electrons. The van der Waals surface area contributed by atoms with Gasteiger partial charge in [-0.3, -0.25) is 0 Å². The highest BCUT2D eigenvalue weighted by Gasteiger charge is 2.14. The topological polar surface area (TPSA) is 51.6 Å². The molecule has 0 amide bonds. The molecule has 0 atom stereocenters. The van der Waals surface area contributed by atoms with Gasteiger partial charge >= 0.3 is 0 Å². The minimum atomic E-state index is 0.549. The molecule has 0 saturated heterocycles. The molecule has 1 aromatic heterocycles. The average Bonchev–Trinajstić information content (AvgIpc) is 2.40. The van der Waals surface area contributed by atoms with Crippen LogP contribution < -0.4 is 0 Å². The van der Waals surface area contributed by atoms with E-state index in [9.17, 15) is 0 Å². The van der Waals surface area contributed by atoms with Gasteiger partial charge in [-0.05, 0) is 23.3 Å². The Balaban J connectivity index is 1.89. The second-order valence-corrected chi connectivity index (χ2v) is 5.40. The first-order valence-corrected chi connectivity index (χ1v) is 7.48. The SMILES string of the molecule is c1nnnnc1C1CCCCCCCCCCC1. The summed E-state index contributed by atoms with van der Waals surface area (Å²) >= 11 is 0. The van der Waals surface area contributed by atoms with Crippen LogP contribution in [-0.2, 0) is 0 Å². The van der Waals surface area contributed by atoms with Gasteiger partial charge in [-0.15, -0.1) is 10.2 Å². The van der Waals surface area contributed by atoms with Gasteiger partial charge in [0.2, 0.25) is 0 Å². The van der Waals surface area contributed by atoms with Crippen molar-refractivity contribution in [3.8, 4) is 0 Å². The average molecular weight is 248 g/mol. The van der Waals surface area contributed by atoms with E-state index in [1.807, 2.05) is 0 Å². The second kappa shape index (κ2) is 8.11. The molecule has 1 fully saturated rings. The van der Waals surface area contributed by atoms with Crippen LogP contribution in [0.2, 0.25) is 0 Å². The molecule has 0 aliphatic heterocycles. The normalized spacial score (nSPS) is 20.9. The van der Waals surface area contributed by atoms with E-state index in [0.29, 0.717) is 5.92 Å². The maximum atomic E-state index is 4.15. The van der Waals surface area contributed by atoms with Crippen molar-refractivity contribution in [2.75, 3.05) is 0 Å². The Bertz CT molecular complexity index is 303. The van der Waals surface area contributed by atoms with Crippen molar-refractivity contribution in [3.63, 3.8) is 0 Å². The van der Waals surface area contributed by atoms with Gasteiger partial charge in [0.15, 0.2) is 0 Å². The molecule has 1 aliphatic carbocycles. The van der Waals surface area contributed by atoms with E-state index in [2.05, 4.69) is 20.6 Å². The van der Waals surface area contributed by atoms with E-state index in [4.69, 9.17) is 0 Å². The fourth-order valence-corrected chi connectivity index (χ4v) is 2.85. The zero-order valence-corrected chi connectivity index (χ0v) is 11.2. The molecule has 0 bridgehead atoms. The highest BCUT2D eigenvalue weighted by molar-refractivity contribution is 4.99. The fourth-order valence-electron chi connectivity index (χ4n) is 2.85. The van der Waals surface area contributed by atoms with E-state index in [-0.39, 0.29) is 0 Å². The smallest absolute Gasteiger partial charge is 0.0881 e. The molecular formula is C14H24N4. The fraction of sp³-hybridized carbons (Fsp3) is 0.857. The number of aromatic nitrogens is 4. The van der Waals surface area contributed by atoms with Crippen molar-refractivity contribution < 1.29 is 0 Å². The van der Waals surface area contributed by atoms with Gasteiger partial charge < -0.3 is 0 Å².